The Morgan fingerprint density at radius 1 is 0.364 bits per heavy atom. The number of carbonyl (C=O) groups is 2. The molecule has 0 bridgehead atoms. The summed E-state index contributed by atoms with van der Waals surface area (Å²) in [5.41, 5.74) is 0. The Labute approximate surface area is 409 Å². The third-order valence-electron chi connectivity index (χ3n) is 12.2. The van der Waals surface area contributed by atoms with E-state index in [1.165, 1.54) is 161 Å². The molecule has 0 aliphatic rings. The molecule has 0 aliphatic carbocycles. The molecule has 0 saturated carbocycles. The van der Waals surface area contributed by atoms with Crippen molar-refractivity contribution < 1.29 is 24.2 Å². The van der Waals surface area contributed by atoms with Crippen molar-refractivity contribution in [2.45, 2.75) is 277 Å². The molecule has 0 heterocycles. The highest BCUT2D eigenvalue weighted by Gasteiger charge is 2.16. The number of esters is 2. The fourth-order valence-corrected chi connectivity index (χ4v) is 7.97. The topological polar surface area (TPSA) is 72.8 Å². The number of hydrogen-bond donors (Lipinski definition) is 1. The highest BCUT2D eigenvalue weighted by Crippen LogP contribution is 2.16. The van der Waals surface area contributed by atoms with Gasteiger partial charge in [-0.25, -0.2) is 0 Å². The molecule has 0 aromatic heterocycles. The molecule has 0 spiro atoms. The van der Waals surface area contributed by atoms with Gasteiger partial charge in [0.15, 0.2) is 6.10 Å². The SMILES string of the molecule is CC/C=C\C/C=C\C/C=C\C/C=C\CCCCCCCCCCCCCCCCCCCCC(=O)OC(CO)COC(=O)CCCCCCCC/C=C\C/C=C\C/C=C\CCCCCCC. The summed E-state index contributed by atoms with van der Waals surface area (Å²) < 4.78 is 10.7. The van der Waals surface area contributed by atoms with Crippen molar-refractivity contribution in [2.75, 3.05) is 13.2 Å². The second kappa shape index (κ2) is 56.4. The van der Waals surface area contributed by atoms with Crippen LogP contribution < -0.4 is 0 Å². The van der Waals surface area contributed by atoms with Gasteiger partial charge in [-0.2, -0.15) is 0 Å². The standard InChI is InChI=1S/C61H106O5/c1-3-5-7-9-11-13-15-17-19-21-23-25-26-27-28-29-30-31-32-33-34-36-38-40-42-44-46-48-50-52-54-56-61(64)66-59(57-62)58-65-60(63)55-53-51-49-47-45-43-41-39-37-35-24-22-20-18-16-14-12-10-8-6-4-2/h5,7,11,13,16-19,22-25,37,39,59,62H,3-4,6,8-10,12,14-15,20-21,26-36,38,40-58H2,1-2H3/b7-5-,13-11-,18-16-,19-17-,24-22-,25-23-,39-37-. The molecule has 5 heteroatoms. The molecule has 380 valence electrons. The summed E-state index contributed by atoms with van der Waals surface area (Å²) in [7, 11) is 0. The minimum absolute atomic E-state index is 0.0738. The molecule has 1 atom stereocenters. The van der Waals surface area contributed by atoms with Crippen molar-refractivity contribution in [3.05, 3.63) is 85.1 Å². The first-order chi connectivity index (χ1) is 32.6. The van der Waals surface area contributed by atoms with E-state index in [1.54, 1.807) is 0 Å². The van der Waals surface area contributed by atoms with Crippen LogP contribution in [0, 0.1) is 0 Å². The summed E-state index contributed by atoms with van der Waals surface area (Å²) in [5.74, 6) is -0.599. The van der Waals surface area contributed by atoms with Gasteiger partial charge in [-0.3, -0.25) is 9.59 Å². The quantitative estimate of drug-likeness (QED) is 0.0374. The summed E-state index contributed by atoms with van der Waals surface area (Å²) in [4.78, 5) is 24.5. The van der Waals surface area contributed by atoms with E-state index in [1.807, 2.05) is 0 Å². The smallest absolute Gasteiger partial charge is 0.306 e. The van der Waals surface area contributed by atoms with Gasteiger partial charge in [-0.05, 0) is 89.9 Å². The number of carbonyl (C=O) groups excluding carboxylic acids is 2. The first-order valence-corrected chi connectivity index (χ1v) is 28.1. The summed E-state index contributed by atoms with van der Waals surface area (Å²) in [6, 6.07) is 0. The van der Waals surface area contributed by atoms with Crippen molar-refractivity contribution in [1.82, 2.24) is 0 Å². The van der Waals surface area contributed by atoms with Gasteiger partial charge < -0.3 is 14.6 Å². The van der Waals surface area contributed by atoms with Crippen LogP contribution in [0.1, 0.15) is 271 Å². The zero-order chi connectivity index (χ0) is 47.7. The van der Waals surface area contributed by atoms with Crippen LogP contribution in [0.2, 0.25) is 0 Å². The maximum atomic E-state index is 12.3. The Morgan fingerprint density at radius 3 is 0.985 bits per heavy atom. The fraction of sp³-hybridized carbons (Fsp3) is 0.738. The molecular formula is C61H106O5. The molecule has 0 aromatic rings. The van der Waals surface area contributed by atoms with Crippen LogP contribution in [0.3, 0.4) is 0 Å². The molecule has 0 aliphatic heterocycles. The first kappa shape index (κ1) is 63.1. The van der Waals surface area contributed by atoms with E-state index in [2.05, 4.69) is 98.9 Å². The van der Waals surface area contributed by atoms with E-state index in [0.29, 0.717) is 12.8 Å². The van der Waals surface area contributed by atoms with Crippen LogP contribution in [-0.4, -0.2) is 36.4 Å². The molecule has 0 fully saturated rings. The van der Waals surface area contributed by atoms with Crippen LogP contribution in [0.4, 0.5) is 0 Å². The summed E-state index contributed by atoms with van der Waals surface area (Å²) in [6.07, 6.45) is 78.4. The zero-order valence-electron chi connectivity index (χ0n) is 43.4. The van der Waals surface area contributed by atoms with Crippen molar-refractivity contribution in [1.29, 1.82) is 0 Å². The molecule has 1 unspecified atom stereocenters. The predicted molar refractivity (Wildman–Crippen MR) is 288 cm³/mol. The molecule has 66 heavy (non-hydrogen) atoms. The Hall–Kier alpha value is -2.92. The van der Waals surface area contributed by atoms with E-state index in [0.717, 1.165) is 83.5 Å². The number of ether oxygens (including phenoxy) is 2. The highest BCUT2D eigenvalue weighted by molar-refractivity contribution is 5.70. The molecule has 0 rings (SSSR count). The third-order valence-corrected chi connectivity index (χ3v) is 12.2. The molecule has 0 amide bonds. The number of allylic oxidation sites excluding steroid dienone is 14. The van der Waals surface area contributed by atoms with Gasteiger partial charge in [-0.15, -0.1) is 0 Å². The monoisotopic (exact) mass is 919 g/mol. The van der Waals surface area contributed by atoms with Gasteiger partial charge in [0.1, 0.15) is 6.61 Å². The Morgan fingerprint density at radius 2 is 0.652 bits per heavy atom. The maximum Gasteiger partial charge on any atom is 0.306 e. The Balaban J connectivity index is 3.49. The zero-order valence-corrected chi connectivity index (χ0v) is 43.4. The number of hydrogen-bond acceptors (Lipinski definition) is 5. The lowest BCUT2D eigenvalue weighted by atomic mass is 10.0. The maximum absolute atomic E-state index is 12.3. The highest BCUT2D eigenvalue weighted by atomic mass is 16.6. The van der Waals surface area contributed by atoms with Gasteiger partial charge in [0, 0.05) is 12.8 Å². The lowest BCUT2D eigenvalue weighted by molar-refractivity contribution is -0.161. The molecule has 0 aromatic carbocycles. The van der Waals surface area contributed by atoms with E-state index in [9.17, 15) is 14.7 Å². The summed E-state index contributed by atoms with van der Waals surface area (Å²) in [5, 5.41) is 9.65. The summed E-state index contributed by atoms with van der Waals surface area (Å²) in [6.45, 7) is 4.02. The van der Waals surface area contributed by atoms with E-state index < -0.39 is 6.10 Å². The fourth-order valence-electron chi connectivity index (χ4n) is 7.97. The minimum Gasteiger partial charge on any atom is -0.462 e. The number of rotatable bonds is 51. The van der Waals surface area contributed by atoms with E-state index in [4.69, 9.17) is 9.47 Å². The normalized spacial score (nSPS) is 12.8. The number of aliphatic hydroxyl groups is 1. The van der Waals surface area contributed by atoms with Crippen LogP contribution in [-0.2, 0) is 19.1 Å². The number of aliphatic hydroxyl groups excluding tert-OH is 1. The van der Waals surface area contributed by atoms with Gasteiger partial charge in [-0.1, -0.05) is 253 Å². The van der Waals surface area contributed by atoms with Crippen LogP contribution in [0.5, 0.6) is 0 Å². The van der Waals surface area contributed by atoms with Crippen molar-refractivity contribution in [3.63, 3.8) is 0 Å². The summed E-state index contributed by atoms with van der Waals surface area (Å²) >= 11 is 0. The molecular weight excluding hydrogens is 813 g/mol. The van der Waals surface area contributed by atoms with Crippen LogP contribution in [0.25, 0.3) is 0 Å². The van der Waals surface area contributed by atoms with Crippen molar-refractivity contribution in [3.8, 4) is 0 Å². The van der Waals surface area contributed by atoms with Crippen LogP contribution >= 0.6 is 0 Å². The predicted octanol–water partition coefficient (Wildman–Crippen LogP) is 19.0. The number of unbranched alkanes of at least 4 members (excludes halogenated alkanes) is 29. The van der Waals surface area contributed by atoms with Gasteiger partial charge in [0.2, 0.25) is 0 Å². The van der Waals surface area contributed by atoms with Gasteiger partial charge in [0.25, 0.3) is 0 Å². The molecule has 1 N–H and O–H groups in total. The Kier molecular flexibility index (Phi) is 53.9. The van der Waals surface area contributed by atoms with Crippen LogP contribution in [0.15, 0.2) is 85.1 Å². The van der Waals surface area contributed by atoms with Gasteiger partial charge >= 0.3 is 11.9 Å². The molecule has 5 nitrogen and oxygen atoms in total. The molecule has 0 radical (unpaired) electrons. The Bertz CT molecular complexity index is 1220. The second-order valence-corrected chi connectivity index (χ2v) is 18.6. The molecule has 0 saturated heterocycles. The second-order valence-electron chi connectivity index (χ2n) is 18.6. The lowest BCUT2D eigenvalue weighted by Crippen LogP contribution is -2.28. The average molecular weight is 920 g/mol. The third kappa shape index (κ3) is 53.7. The van der Waals surface area contributed by atoms with E-state index in [-0.39, 0.29) is 25.2 Å². The average Bonchev–Trinajstić information content (AvgIpc) is 3.32. The lowest BCUT2D eigenvalue weighted by Gasteiger charge is -2.15. The van der Waals surface area contributed by atoms with Crippen molar-refractivity contribution in [2.24, 2.45) is 0 Å². The minimum atomic E-state index is -0.781. The largest absolute Gasteiger partial charge is 0.462 e. The van der Waals surface area contributed by atoms with E-state index >= 15 is 0 Å². The first-order valence-electron chi connectivity index (χ1n) is 28.1. The van der Waals surface area contributed by atoms with Crippen molar-refractivity contribution >= 4 is 11.9 Å². The van der Waals surface area contributed by atoms with Gasteiger partial charge in [0.05, 0.1) is 6.61 Å².